The van der Waals surface area contributed by atoms with Gasteiger partial charge in [-0.3, -0.25) is 10.1 Å². The lowest BCUT2D eigenvalue weighted by atomic mass is 10.1. The third kappa shape index (κ3) is 4.62. The second-order valence-electron chi connectivity index (χ2n) is 6.64. The zero-order chi connectivity index (χ0) is 23.6. The summed E-state index contributed by atoms with van der Waals surface area (Å²) in [4.78, 5) is 26.1. The van der Waals surface area contributed by atoms with Crippen LogP contribution in [-0.2, 0) is 19.6 Å². The van der Waals surface area contributed by atoms with Crippen LogP contribution in [-0.4, -0.2) is 25.2 Å². The average Bonchev–Trinajstić information content (AvgIpc) is 3.15. The topological polar surface area (TPSA) is 125 Å². The molecule has 33 heavy (non-hydrogen) atoms. The largest absolute Gasteiger partial charge is 0.402 e. The summed E-state index contributed by atoms with van der Waals surface area (Å²) in [5.41, 5.74) is -0.248. The van der Waals surface area contributed by atoms with Gasteiger partial charge in [-0.2, -0.15) is 8.42 Å². The Kier molecular flexibility index (Phi) is 5.71. The number of nitrogens with zero attached hydrogens (tertiary/aromatic N) is 2. The van der Waals surface area contributed by atoms with Crippen molar-refractivity contribution in [2.24, 2.45) is 4.99 Å². The van der Waals surface area contributed by atoms with Crippen LogP contribution in [0.3, 0.4) is 0 Å². The van der Waals surface area contributed by atoms with Crippen LogP contribution in [0, 0.1) is 15.9 Å². The molecule has 1 heterocycles. The molecule has 0 radical (unpaired) electrons. The zero-order valence-electron chi connectivity index (χ0n) is 16.5. The number of benzene rings is 3. The summed E-state index contributed by atoms with van der Waals surface area (Å²) in [6.45, 7) is 0. The van der Waals surface area contributed by atoms with Crippen LogP contribution in [0.1, 0.15) is 11.1 Å². The first-order valence-electron chi connectivity index (χ1n) is 9.30. The standard InChI is InChI=1S/C22H13FN2O7S/c23-16-11-9-14(10-12-16)21-24-17(22(26)31-21)13-15-5-1-3-7-19(15)32-33(29,30)20-8-4-2-6-18(20)25(27)28/h1-13H. The number of esters is 1. The van der Waals surface area contributed by atoms with Crippen molar-refractivity contribution in [1.82, 2.24) is 0 Å². The van der Waals surface area contributed by atoms with Crippen molar-refractivity contribution in [3.63, 3.8) is 0 Å². The van der Waals surface area contributed by atoms with Crippen LogP contribution in [0.2, 0.25) is 0 Å². The molecule has 11 heteroatoms. The molecule has 3 aromatic carbocycles. The lowest BCUT2D eigenvalue weighted by molar-refractivity contribution is -0.387. The molecular weight excluding hydrogens is 455 g/mol. The molecule has 0 saturated carbocycles. The number of carbonyl (C=O) groups excluding carboxylic acids is 1. The molecule has 0 spiro atoms. The highest BCUT2D eigenvalue weighted by Gasteiger charge is 2.29. The Bertz CT molecular complexity index is 1430. The van der Waals surface area contributed by atoms with Gasteiger partial charge in [0.25, 0.3) is 5.69 Å². The molecule has 9 nitrogen and oxygen atoms in total. The van der Waals surface area contributed by atoms with E-state index in [2.05, 4.69) is 4.99 Å². The van der Waals surface area contributed by atoms with Gasteiger partial charge in [-0.05, 0) is 42.5 Å². The molecule has 3 aromatic rings. The van der Waals surface area contributed by atoms with Crippen molar-refractivity contribution >= 4 is 33.7 Å². The van der Waals surface area contributed by atoms with Crippen molar-refractivity contribution in [3.05, 3.63) is 106 Å². The summed E-state index contributed by atoms with van der Waals surface area (Å²) in [6.07, 6.45) is 1.25. The summed E-state index contributed by atoms with van der Waals surface area (Å²) in [5.74, 6) is -1.49. The van der Waals surface area contributed by atoms with E-state index in [-0.39, 0.29) is 22.9 Å². The monoisotopic (exact) mass is 468 g/mol. The summed E-state index contributed by atoms with van der Waals surface area (Å²) in [7, 11) is -4.57. The fraction of sp³-hybridized carbons (Fsp3) is 0. The number of rotatable bonds is 6. The van der Waals surface area contributed by atoms with E-state index in [1.807, 2.05) is 0 Å². The maximum atomic E-state index is 13.1. The van der Waals surface area contributed by atoms with E-state index in [0.29, 0.717) is 5.56 Å². The van der Waals surface area contributed by atoms with Gasteiger partial charge in [0.15, 0.2) is 10.6 Å². The van der Waals surface area contributed by atoms with Gasteiger partial charge in [0.05, 0.1) is 4.92 Å². The first-order chi connectivity index (χ1) is 15.7. The van der Waals surface area contributed by atoms with Crippen LogP contribution >= 0.6 is 0 Å². The molecule has 0 N–H and O–H groups in total. The van der Waals surface area contributed by atoms with Gasteiger partial charge in [0, 0.05) is 17.2 Å². The number of hydrogen-bond acceptors (Lipinski definition) is 8. The van der Waals surface area contributed by atoms with Gasteiger partial charge in [0.1, 0.15) is 11.6 Å². The number of carbonyl (C=O) groups is 1. The van der Waals surface area contributed by atoms with Gasteiger partial charge in [0.2, 0.25) is 5.90 Å². The average molecular weight is 468 g/mol. The maximum absolute atomic E-state index is 13.1. The molecular formula is C22H13FN2O7S. The predicted molar refractivity (Wildman–Crippen MR) is 114 cm³/mol. The molecule has 0 unspecified atom stereocenters. The number of ether oxygens (including phenoxy) is 1. The predicted octanol–water partition coefficient (Wildman–Crippen LogP) is 3.85. The molecule has 0 saturated heterocycles. The number of cyclic esters (lactones) is 1. The van der Waals surface area contributed by atoms with Gasteiger partial charge >= 0.3 is 16.1 Å². The van der Waals surface area contributed by atoms with E-state index in [9.17, 15) is 27.7 Å². The van der Waals surface area contributed by atoms with Crippen molar-refractivity contribution in [2.75, 3.05) is 0 Å². The number of hydrogen-bond donors (Lipinski definition) is 0. The molecule has 0 bridgehead atoms. The van der Waals surface area contributed by atoms with E-state index in [1.165, 1.54) is 60.7 Å². The third-order valence-corrected chi connectivity index (χ3v) is 5.74. The Hall–Kier alpha value is -4.38. The van der Waals surface area contributed by atoms with Crippen LogP contribution < -0.4 is 4.18 Å². The zero-order valence-corrected chi connectivity index (χ0v) is 17.4. The minimum absolute atomic E-state index is 0.0443. The molecule has 1 aliphatic heterocycles. The van der Waals surface area contributed by atoms with E-state index >= 15 is 0 Å². The lowest BCUT2D eigenvalue weighted by Crippen LogP contribution is -2.12. The van der Waals surface area contributed by atoms with Crippen LogP contribution in [0.15, 0.2) is 88.4 Å². The number of nitro groups is 1. The van der Waals surface area contributed by atoms with E-state index in [0.717, 1.165) is 12.1 Å². The number of para-hydroxylation sites is 2. The molecule has 0 fully saturated rings. The van der Waals surface area contributed by atoms with Crippen molar-refractivity contribution < 1.29 is 31.4 Å². The van der Waals surface area contributed by atoms with Gasteiger partial charge < -0.3 is 8.92 Å². The van der Waals surface area contributed by atoms with E-state index in [4.69, 9.17) is 8.92 Å². The van der Waals surface area contributed by atoms with Crippen molar-refractivity contribution in [1.29, 1.82) is 0 Å². The fourth-order valence-electron chi connectivity index (χ4n) is 2.93. The normalized spacial score (nSPS) is 14.6. The second-order valence-corrected chi connectivity index (χ2v) is 8.16. The Morgan fingerprint density at radius 2 is 1.67 bits per heavy atom. The van der Waals surface area contributed by atoms with Gasteiger partial charge in [-0.25, -0.2) is 14.2 Å². The first kappa shape index (κ1) is 21.8. The molecule has 0 atom stereocenters. The van der Waals surface area contributed by atoms with Crippen LogP contribution in [0.25, 0.3) is 6.08 Å². The number of aliphatic imine (C=N–C) groups is 1. The minimum atomic E-state index is -4.57. The highest BCUT2D eigenvalue weighted by molar-refractivity contribution is 7.87. The quantitative estimate of drug-likeness (QED) is 0.177. The van der Waals surface area contributed by atoms with E-state index in [1.54, 1.807) is 6.07 Å². The summed E-state index contributed by atoms with van der Waals surface area (Å²) in [6, 6.07) is 15.8. The fourth-order valence-corrected chi connectivity index (χ4v) is 4.05. The Balaban J connectivity index is 1.69. The summed E-state index contributed by atoms with van der Waals surface area (Å²) < 4.78 is 48.9. The second kappa shape index (κ2) is 8.63. The smallest absolute Gasteiger partial charge is 0.363 e. The maximum Gasteiger partial charge on any atom is 0.363 e. The SMILES string of the molecule is O=C1OC(c2ccc(F)cc2)=NC1=Cc1ccccc1OS(=O)(=O)c1ccccc1[N+](=O)[O-]. The summed E-state index contributed by atoms with van der Waals surface area (Å²) in [5, 5.41) is 11.2. The van der Waals surface area contributed by atoms with Gasteiger partial charge in [-0.15, -0.1) is 0 Å². The lowest BCUT2D eigenvalue weighted by Gasteiger charge is -2.09. The van der Waals surface area contributed by atoms with Crippen molar-refractivity contribution in [3.8, 4) is 5.75 Å². The Morgan fingerprint density at radius 3 is 2.39 bits per heavy atom. The molecule has 0 amide bonds. The highest BCUT2D eigenvalue weighted by Crippen LogP contribution is 2.30. The number of nitro benzene ring substituents is 1. The molecule has 0 aliphatic carbocycles. The first-order valence-corrected chi connectivity index (χ1v) is 10.7. The highest BCUT2D eigenvalue weighted by atomic mass is 32.2. The summed E-state index contributed by atoms with van der Waals surface area (Å²) >= 11 is 0. The van der Waals surface area contributed by atoms with Crippen LogP contribution in [0.5, 0.6) is 5.75 Å². The molecule has 4 rings (SSSR count). The molecule has 0 aromatic heterocycles. The molecule has 1 aliphatic rings. The van der Waals surface area contributed by atoms with Crippen LogP contribution in [0.4, 0.5) is 10.1 Å². The minimum Gasteiger partial charge on any atom is -0.402 e. The third-order valence-electron chi connectivity index (χ3n) is 4.45. The van der Waals surface area contributed by atoms with Gasteiger partial charge in [-0.1, -0.05) is 30.3 Å². The van der Waals surface area contributed by atoms with Crippen molar-refractivity contribution in [2.45, 2.75) is 4.90 Å². The van der Waals surface area contributed by atoms with E-state index < -0.39 is 37.4 Å². The molecule has 166 valence electrons. The Labute approximate surface area is 186 Å². The number of halogens is 1. The Morgan fingerprint density at radius 1 is 1.00 bits per heavy atom.